The molecule has 2 amide bonds. The summed E-state index contributed by atoms with van der Waals surface area (Å²) in [6.07, 6.45) is -0.541. The minimum absolute atomic E-state index is 0.0658. The molecular formula is C17H22N2O4. The van der Waals surface area contributed by atoms with Gasteiger partial charge in [0.25, 0.3) is 11.8 Å². The fraction of sp³-hybridized carbons (Fsp3) is 0.471. The average Bonchev–Trinajstić information content (AvgIpc) is 2.78. The van der Waals surface area contributed by atoms with Crippen molar-refractivity contribution in [2.24, 2.45) is 0 Å². The number of hydrogen-bond acceptors (Lipinski definition) is 5. The molecule has 1 aliphatic heterocycles. The lowest BCUT2D eigenvalue weighted by molar-refractivity contribution is -0.149. The van der Waals surface area contributed by atoms with Gasteiger partial charge in [-0.25, -0.2) is 0 Å². The van der Waals surface area contributed by atoms with Crippen LogP contribution in [0.15, 0.2) is 24.3 Å². The number of nitrogens with zero attached hydrogens (tertiary/aromatic N) is 2. The molecule has 0 radical (unpaired) electrons. The van der Waals surface area contributed by atoms with Crippen molar-refractivity contribution in [3.8, 4) is 0 Å². The minimum Gasteiger partial charge on any atom is -0.460 e. The second-order valence-corrected chi connectivity index (χ2v) is 5.53. The van der Waals surface area contributed by atoms with Crippen molar-refractivity contribution in [2.75, 3.05) is 26.2 Å². The standard InChI is InChI=1S/C17H22N2O4/c1-4-18(5-2)11-15(20)23-12(3)10-19-16(21)13-8-6-7-9-14(13)17(19)22/h6-9,12H,4-5,10-11H2,1-3H3. The molecular weight excluding hydrogens is 296 g/mol. The van der Waals surface area contributed by atoms with Gasteiger partial charge in [-0.05, 0) is 32.1 Å². The van der Waals surface area contributed by atoms with E-state index in [1.54, 1.807) is 31.2 Å². The number of amides is 2. The monoisotopic (exact) mass is 318 g/mol. The molecule has 6 nitrogen and oxygen atoms in total. The smallest absolute Gasteiger partial charge is 0.320 e. The maximum absolute atomic E-state index is 12.3. The fourth-order valence-corrected chi connectivity index (χ4v) is 2.59. The second kappa shape index (κ2) is 7.37. The number of fused-ring (bicyclic) bond motifs is 1. The molecule has 2 rings (SSSR count). The Bertz CT molecular complexity index is 575. The number of carbonyl (C=O) groups is 3. The molecule has 0 saturated carbocycles. The van der Waals surface area contributed by atoms with Crippen LogP contribution < -0.4 is 0 Å². The number of carbonyl (C=O) groups excluding carboxylic acids is 3. The molecule has 124 valence electrons. The summed E-state index contributed by atoms with van der Waals surface area (Å²) in [5.74, 6) is -1.02. The zero-order valence-corrected chi connectivity index (χ0v) is 13.7. The number of likely N-dealkylation sites (N-methyl/N-ethyl adjacent to an activating group) is 1. The van der Waals surface area contributed by atoms with Crippen LogP contribution in [0, 0.1) is 0 Å². The molecule has 1 aromatic carbocycles. The number of rotatable bonds is 7. The fourth-order valence-electron chi connectivity index (χ4n) is 2.59. The lowest BCUT2D eigenvalue weighted by Crippen LogP contribution is -2.39. The van der Waals surface area contributed by atoms with Gasteiger partial charge >= 0.3 is 5.97 Å². The van der Waals surface area contributed by atoms with Gasteiger partial charge in [0.05, 0.1) is 24.2 Å². The van der Waals surface area contributed by atoms with Crippen LogP contribution >= 0.6 is 0 Å². The Labute approximate surface area is 136 Å². The SMILES string of the molecule is CCN(CC)CC(=O)OC(C)CN1C(=O)c2ccccc2C1=O. The lowest BCUT2D eigenvalue weighted by Gasteiger charge is -2.22. The Hall–Kier alpha value is -2.21. The first kappa shape index (κ1) is 17.1. The zero-order valence-electron chi connectivity index (χ0n) is 13.7. The van der Waals surface area contributed by atoms with Crippen LogP contribution in [0.25, 0.3) is 0 Å². The molecule has 1 heterocycles. The molecule has 0 aliphatic carbocycles. The number of imide groups is 1. The number of esters is 1. The van der Waals surface area contributed by atoms with Gasteiger partial charge in [0.1, 0.15) is 6.10 Å². The molecule has 0 N–H and O–H groups in total. The largest absolute Gasteiger partial charge is 0.460 e. The summed E-state index contributed by atoms with van der Waals surface area (Å²) in [5.41, 5.74) is 0.804. The van der Waals surface area contributed by atoms with Crippen LogP contribution in [-0.2, 0) is 9.53 Å². The van der Waals surface area contributed by atoms with Gasteiger partial charge < -0.3 is 4.74 Å². The molecule has 1 aromatic rings. The van der Waals surface area contributed by atoms with E-state index in [-0.39, 0.29) is 30.9 Å². The topological polar surface area (TPSA) is 66.9 Å². The number of benzene rings is 1. The highest BCUT2D eigenvalue weighted by molar-refractivity contribution is 6.21. The van der Waals surface area contributed by atoms with E-state index >= 15 is 0 Å². The van der Waals surface area contributed by atoms with E-state index in [9.17, 15) is 14.4 Å². The lowest BCUT2D eigenvalue weighted by atomic mass is 10.1. The highest BCUT2D eigenvalue weighted by atomic mass is 16.5. The van der Waals surface area contributed by atoms with E-state index < -0.39 is 6.10 Å². The molecule has 23 heavy (non-hydrogen) atoms. The summed E-state index contributed by atoms with van der Waals surface area (Å²) in [7, 11) is 0. The van der Waals surface area contributed by atoms with Gasteiger partial charge in [0, 0.05) is 0 Å². The Morgan fingerprint density at radius 1 is 1.13 bits per heavy atom. The van der Waals surface area contributed by atoms with Gasteiger partial charge in [-0.2, -0.15) is 0 Å². The van der Waals surface area contributed by atoms with Gasteiger partial charge in [0.2, 0.25) is 0 Å². The zero-order chi connectivity index (χ0) is 17.0. The highest BCUT2D eigenvalue weighted by Crippen LogP contribution is 2.22. The van der Waals surface area contributed by atoms with Crippen LogP contribution in [0.2, 0.25) is 0 Å². The van der Waals surface area contributed by atoms with Crippen LogP contribution in [0.4, 0.5) is 0 Å². The minimum atomic E-state index is -0.541. The summed E-state index contributed by atoms with van der Waals surface area (Å²) in [5, 5.41) is 0. The molecule has 1 aliphatic rings. The Morgan fingerprint density at radius 2 is 1.65 bits per heavy atom. The molecule has 0 spiro atoms. The van der Waals surface area contributed by atoms with Crippen molar-refractivity contribution in [1.29, 1.82) is 0 Å². The normalized spacial score (nSPS) is 15.0. The highest BCUT2D eigenvalue weighted by Gasteiger charge is 2.36. The van der Waals surface area contributed by atoms with E-state index in [0.29, 0.717) is 11.1 Å². The molecule has 1 atom stereocenters. The van der Waals surface area contributed by atoms with Crippen molar-refractivity contribution >= 4 is 17.8 Å². The third kappa shape index (κ3) is 3.76. The van der Waals surface area contributed by atoms with Crippen molar-refractivity contribution < 1.29 is 19.1 Å². The van der Waals surface area contributed by atoms with Gasteiger partial charge in [-0.1, -0.05) is 26.0 Å². The summed E-state index contributed by atoms with van der Waals surface area (Å²) in [6.45, 7) is 7.42. The maximum Gasteiger partial charge on any atom is 0.320 e. The quantitative estimate of drug-likeness (QED) is 0.564. The van der Waals surface area contributed by atoms with Crippen molar-refractivity contribution in [2.45, 2.75) is 26.9 Å². The van der Waals surface area contributed by atoms with Crippen LogP contribution in [-0.4, -0.2) is 59.9 Å². The third-order valence-corrected chi connectivity index (χ3v) is 3.90. The van der Waals surface area contributed by atoms with E-state index in [1.165, 1.54) is 0 Å². The summed E-state index contributed by atoms with van der Waals surface area (Å²) >= 11 is 0. The average molecular weight is 318 g/mol. The van der Waals surface area contributed by atoms with Gasteiger partial charge in [0.15, 0.2) is 0 Å². The van der Waals surface area contributed by atoms with Crippen molar-refractivity contribution in [3.05, 3.63) is 35.4 Å². The molecule has 0 aromatic heterocycles. The van der Waals surface area contributed by atoms with Gasteiger partial charge in [-0.15, -0.1) is 0 Å². The summed E-state index contributed by atoms with van der Waals surface area (Å²) < 4.78 is 5.32. The first-order chi connectivity index (χ1) is 11.0. The Kier molecular flexibility index (Phi) is 5.50. The van der Waals surface area contributed by atoms with E-state index in [4.69, 9.17) is 4.74 Å². The van der Waals surface area contributed by atoms with E-state index in [2.05, 4.69) is 0 Å². The molecule has 1 unspecified atom stereocenters. The maximum atomic E-state index is 12.3. The van der Waals surface area contributed by atoms with E-state index in [0.717, 1.165) is 18.0 Å². The molecule has 6 heteroatoms. The summed E-state index contributed by atoms with van der Waals surface area (Å²) in [6, 6.07) is 6.71. The third-order valence-electron chi connectivity index (χ3n) is 3.90. The van der Waals surface area contributed by atoms with Crippen LogP contribution in [0.3, 0.4) is 0 Å². The van der Waals surface area contributed by atoms with Crippen LogP contribution in [0.1, 0.15) is 41.5 Å². The Morgan fingerprint density at radius 3 is 2.13 bits per heavy atom. The van der Waals surface area contributed by atoms with E-state index in [1.807, 2.05) is 18.7 Å². The van der Waals surface area contributed by atoms with Gasteiger partial charge in [-0.3, -0.25) is 24.2 Å². The summed E-state index contributed by atoms with van der Waals surface area (Å²) in [4.78, 5) is 39.5. The molecule has 0 saturated heterocycles. The van der Waals surface area contributed by atoms with Crippen LogP contribution in [0.5, 0.6) is 0 Å². The molecule has 0 fully saturated rings. The predicted octanol–water partition coefficient (Wildman–Crippen LogP) is 1.56. The first-order valence-electron chi connectivity index (χ1n) is 7.85. The number of hydrogen-bond donors (Lipinski definition) is 0. The molecule has 0 bridgehead atoms. The second-order valence-electron chi connectivity index (χ2n) is 5.53. The van der Waals surface area contributed by atoms with Crippen molar-refractivity contribution in [3.63, 3.8) is 0 Å². The Balaban J connectivity index is 1.94. The predicted molar refractivity (Wildman–Crippen MR) is 85.2 cm³/mol. The number of ether oxygens (including phenoxy) is 1. The first-order valence-corrected chi connectivity index (χ1v) is 7.85. The van der Waals surface area contributed by atoms with Crippen molar-refractivity contribution in [1.82, 2.24) is 9.80 Å².